The van der Waals surface area contributed by atoms with Crippen molar-refractivity contribution < 1.29 is 9.84 Å². The molecule has 0 amide bonds. The van der Waals surface area contributed by atoms with Crippen molar-refractivity contribution in [2.45, 2.75) is 59.0 Å². The molecule has 0 aliphatic rings. The van der Waals surface area contributed by atoms with E-state index in [1.165, 1.54) is 12.8 Å². The lowest BCUT2D eigenvalue weighted by atomic mass is 10.1. The zero-order chi connectivity index (χ0) is 16.2. The summed E-state index contributed by atoms with van der Waals surface area (Å²) < 4.78 is 5.65. The third-order valence-electron chi connectivity index (χ3n) is 3.83. The monoisotopic (exact) mass is 307 g/mol. The molecule has 1 N–H and O–H groups in total. The second-order valence-corrected chi connectivity index (χ2v) is 5.92. The lowest BCUT2D eigenvalue weighted by Crippen LogP contribution is -2.27. The van der Waals surface area contributed by atoms with Crippen molar-refractivity contribution in [3.05, 3.63) is 29.8 Å². The fraction of sp³-hybridized carbons (Fsp3) is 0.684. The molecule has 22 heavy (non-hydrogen) atoms. The van der Waals surface area contributed by atoms with Gasteiger partial charge in [0, 0.05) is 6.54 Å². The predicted octanol–water partition coefficient (Wildman–Crippen LogP) is 4.41. The molecule has 1 rings (SSSR count). The zero-order valence-electron chi connectivity index (χ0n) is 14.6. The van der Waals surface area contributed by atoms with Crippen LogP contribution in [0.5, 0.6) is 5.75 Å². The van der Waals surface area contributed by atoms with Gasteiger partial charge in [0.25, 0.3) is 0 Å². The highest BCUT2D eigenvalue weighted by Gasteiger charge is 2.10. The van der Waals surface area contributed by atoms with E-state index in [-0.39, 0.29) is 6.10 Å². The molecule has 0 aromatic heterocycles. The standard InChI is InChI=1S/C19H33NO2/c1-4-7-16-22-18-10-8-17(9-11-18)19(21)12-15-20(13-5-2)14-6-3/h8-11,19,21H,4-7,12-16H2,1-3H3. The van der Waals surface area contributed by atoms with Crippen LogP contribution in [0.4, 0.5) is 0 Å². The van der Waals surface area contributed by atoms with Gasteiger partial charge >= 0.3 is 0 Å². The highest BCUT2D eigenvalue weighted by atomic mass is 16.5. The Morgan fingerprint density at radius 2 is 1.59 bits per heavy atom. The van der Waals surface area contributed by atoms with Crippen molar-refractivity contribution in [2.75, 3.05) is 26.2 Å². The Balaban J connectivity index is 2.42. The Hall–Kier alpha value is -1.06. The minimum Gasteiger partial charge on any atom is -0.494 e. The number of unbranched alkanes of at least 4 members (excludes halogenated alkanes) is 1. The maximum absolute atomic E-state index is 10.3. The van der Waals surface area contributed by atoms with Crippen molar-refractivity contribution in [1.82, 2.24) is 4.90 Å². The summed E-state index contributed by atoms with van der Waals surface area (Å²) in [6, 6.07) is 7.89. The average Bonchev–Trinajstić information content (AvgIpc) is 2.53. The number of ether oxygens (including phenoxy) is 1. The van der Waals surface area contributed by atoms with Crippen LogP contribution >= 0.6 is 0 Å². The largest absolute Gasteiger partial charge is 0.494 e. The predicted molar refractivity (Wildman–Crippen MR) is 93.4 cm³/mol. The summed E-state index contributed by atoms with van der Waals surface area (Å²) in [5.41, 5.74) is 0.982. The maximum Gasteiger partial charge on any atom is 0.119 e. The molecule has 0 aliphatic heterocycles. The highest BCUT2D eigenvalue weighted by molar-refractivity contribution is 5.28. The summed E-state index contributed by atoms with van der Waals surface area (Å²) in [5, 5.41) is 10.3. The first-order valence-corrected chi connectivity index (χ1v) is 8.84. The van der Waals surface area contributed by atoms with Crippen LogP contribution in [-0.2, 0) is 0 Å². The lowest BCUT2D eigenvalue weighted by molar-refractivity contribution is 0.141. The van der Waals surface area contributed by atoms with E-state index in [0.717, 1.165) is 56.8 Å². The van der Waals surface area contributed by atoms with Gasteiger partial charge < -0.3 is 14.7 Å². The fourth-order valence-electron chi connectivity index (χ4n) is 2.56. The van der Waals surface area contributed by atoms with Gasteiger partial charge in [-0.25, -0.2) is 0 Å². The van der Waals surface area contributed by atoms with Crippen LogP contribution in [0.25, 0.3) is 0 Å². The molecular formula is C19H33NO2. The van der Waals surface area contributed by atoms with E-state index < -0.39 is 0 Å². The third kappa shape index (κ3) is 7.28. The molecule has 0 heterocycles. The van der Waals surface area contributed by atoms with Crippen LogP contribution in [0.2, 0.25) is 0 Å². The van der Waals surface area contributed by atoms with Crippen LogP contribution in [0.15, 0.2) is 24.3 Å². The molecule has 3 heteroatoms. The van der Waals surface area contributed by atoms with Crippen molar-refractivity contribution in [3.63, 3.8) is 0 Å². The van der Waals surface area contributed by atoms with Gasteiger partial charge in [0.1, 0.15) is 5.75 Å². The molecule has 0 fully saturated rings. The van der Waals surface area contributed by atoms with Gasteiger partial charge in [-0.1, -0.05) is 39.3 Å². The van der Waals surface area contributed by atoms with Crippen molar-refractivity contribution >= 4 is 0 Å². The summed E-state index contributed by atoms with van der Waals surface area (Å²) in [5.74, 6) is 0.892. The van der Waals surface area contributed by atoms with E-state index in [1.54, 1.807) is 0 Å². The molecule has 0 bridgehead atoms. The molecule has 126 valence electrons. The summed E-state index contributed by atoms with van der Waals surface area (Å²) in [6.07, 6.45) is 4.95. The van der Waals surface area contributed by atoms with Gasteiger partial charge in [-0.3, -0.25) is 0 Å². The van der Waals surface area contributed by atoms with Crippen LogP contribution in [0.1, 0.15) is 64.5 Å². The Bertz CT molecular complexity index is 372. The molecule has 3 nitrogen and oxygen atoms in total. The van der Waals surface area contributed by atoms with Gasteiger partial charge in [-0.05, 0) is 56.5 Å². The lowest BCUT2D eigenvalue weighted by Gasteiger charge is -2.22. The maximum atomic E-state index is 10.3. The summed E-state index contributed by atoms with van der Waals surface area (Å²) in [4.78, 5) is 2.44. The van der Waals surface area contributed by atoms with Gasteiger partial charge in [0.05, 0.1) is 12.7 Å². The van der Waals surface area contributed by atoms with Crippen LogP contribution < -0.4 is 4.74 Å². The van der Waals surface area contributed by atoms with Gasteiger partial charge in [0.2, 0.25) is 0 Å². The third-order valence-corrected chi connectivity index (χ3v) is 3.83. The van der Waals surface area contributed by atoms with Crippen molar-refractivity contribution in [3.8, 4) is 5.75 Å². The number of hydrogen-bond donors (Lipinski definition) is 1. The van der Waals surface area contributed by atoms with E-state index >= 15 is 0 Å². The zero-order valence-corrected chi connectivity index (χ0v) is 14.6. The Morgan fingerprint density at radius 1 is 0.955 bits per heavy atom. The first kappa shape index (κ1) is 19.0. The number of benzene rings is 1. The quantitative estimate of drug-likeness (QED) is 0.581. The molecule has 0 saturated carbocycles. The van der Waals surface area contributed by atoms with Crippen LogP contribution in [0, 0.1) is 0 Å². The number of rotatable bonds is 12. The van der Waals surface area contributed by atoms with Gasteiger partial charge in [-0.15, -0.1) is 0 Å². The molecule has 0 saturated heterocycles. The molecule has 1 unspecified atom stereocenters. The fourth-order valence-corrected chi connectivity index (χ4v) is 2.56. The summed E-state index contributed by atoms with van der Waals surface area (Å²) in [6.45, 7) is 10.5. The number of aliphatic hydroxyl groups is 1. The van der Waals surface area contributed by atoms with Gasteiger partial charge in [0.15, 0.2) is 0 Å². The minimum absolute atomic E-state index is 0.388. The Morgan fingerprint density at radius 3 is 2.14 bits per heavy atom. The second kappa shape index (κ2) is 11.5. The number of nitrogens with zero attached hydrogens (tertiary/aromatic N) is 1. The molecular weight excluding hydrogens is 274 g/mol. The minimum atomic E-state index is -0.388. The SMILES string of the molecule is CCCCOc1ccc(C(O)CCN(CCC)CCC)cc1. The second-order valence-electron chi connectivity index (χ2n) is 5.92. The van der Waals surface area contributed by atoms with E-state index in [0.29, 0.717) is 0 Å². The molecule has 0 radical (unpaired) electrons. The van der Waals surface area contributed by atoms with E-state index in [4.69, 9.17) is 4.74 Å². The summed E-state index contributed by atoms with van der Waals surface area (Å²) >= 11 is 0. The smallest absolute Gasteiger partial charge is 0.119 e. The van der Waals surface area contributed by atoms with E-state index in [1.807, 2.05) is 24.3 Å². The normalized spacial score (nSPS) is 12.6. The van der Waals surface area contributed by atoms with Crippen molar-refractivity contribution in [1.29, 1.82) is 0 Å². The topological polar surface area (TPSA) is 32.7 Å². The number of hydrogen-bond acceptors (Lipinski definition) is 3. The van der Waals surface area contributed by atoms with Crippen LogP contribution in [-0.4, -0.2) is 36.2 Å². The molecule has 1 atom stereocenters. The average molecular weight is 307 g/mol. The molecule has 0 spiro atoms. The highest BCUT2D eigenvalue weighted by Crippen LogP contribution is 2.21. The summed E-state index contributed by atoms with van der Waals surface area (Å²) in [7, 11) is 0. The van der Waals surface area contributed by atoms with Crippen molar-refractivity contribution in [2.24, 2.45) is 0 Å². The van der Waals surface area contributed by atoms with Crippen LogP contribution in [0.3, 0.4) is 0 Å². The van der Waals surface area contributed by atoms with Gasteiger partial charge in [-0.2, -0.15) is 0 Å². The molecule has 1 aromatic carbocycles. The molecule has 0 aliphatic carbocycles. The first-order chi connectivity index (χ1) is 10.7. The molecule has 1 aromatic rings. The van der Waals surface area contributed by atoms with E-state index in [9.17, 15) is 5.11 Å². The Labute approximate surface area is 136 Å². The van der Waals surface area contributed by atoms with E-state index in [2.05, 4.69) is 25.7 Å². The first-order valence-electron chi connectivity index (χ1n) is 8.84. The number of aliphatic hydroxyl groups excluding tert-OH is 1. The Kier molecular flexibility index (Phi) is 9.93.